The van der Waals surface area contributed by atoms with Gasteiger partial charge in [0.05, 0.1) is 12.1 Å². The van der Waals surface area contributed by atoms with Crippen LogP contribution in [0.15, 0.2) is 46.9 Å². The molecule has 27 heavy (non-hydrogen) atoms. The van der Waals surface area contributed by atoms with Gasteiger partial charge in [0.15, 0.2) is 0 Å². The Kier molecular flexibility index (Phi) is 5.57. The maximum Gasteiger partial charge on any atom is 0.239 e. The summed E-state index contributed by atoms with van der Waals surface area (Å²) < 4.78 is 5.69. The summed E-state index contributed by atoms with van der Waals surface area (Å²) in [6.07, 6.45) is 3.16. The standard InChI is InChI=1S/C21H28N4O2/c1-15-9-10-20(27-15)17-13-18(24-23-17)21(26)22-19(14-25-11-5-6-12-25)16-7-3-2-4-8-16/h2-4,7-10,17-19,23-24H,5-6,11-14H2,1H3,(H,22,26). The summed E-state index contributed by atoms with van der Waals surface area (Å²) >= 11 is 0. The van der Waals surface area contributed by atoms with E-state index in [2.05, 4.69) is 33.2 Å². The molecule has 3 heterocycles. The van der Waals surface area contributed by atoms with Gasteiger partial charge in [-0.2, -0.15) is 0 Å². The quantitative estimate of drug-likeness (QED) is 0.731. The lowest BCUT2D eigenvalue weighted by Crippen LogP contribution is -2.46. The number of likely N-dealkylation sites (tertiary alicyclic amines) is 1. The van der Waals surface area contributed by atoms with E-state index in [0.29, 0.717) is 6.42 Å². The SMILES string of the molecule is Cc1ccc(C2CC(C(=O)NC(CN3CCCC3)c3ccccc3)NN2)o1. The number of rotatable bonds is 6. The van der Waals surface area contributed by atoms with Crippen LogP contribution >= 0.6 is 0 Å². The van der Waals surface area contributed by atoms with Crippen molar-refractivity contribution in [3.63, 3.8) is 0 Å². The highest BCUT2D eigenvalue weighted by atomic mass is 16.3. The largest absolute Gasteiger partial charge is 0.465 e. The third-order valence-electron chi connectivity index (χ3n) is 5.48. The van der Waals surface area contributed by atoms with Crippen LogP contribution in [-0.4, -0.2) is 36.5 Å². The molecule has 1 amide bonds. The third kappa shape index (κ3) is 4.40. The Balaban J connectivity index is 1.40. The normalized spacial score (nSPS) is 24.2. The molecule has 6 heteroatoms. The number of carbonyl (C=O) groups is 1. The minimum absolute atomic E-state index is 0.00325. The fraction of sp³-hybridized carbons (Fsp3) is 0.476. The minimum atomic E-state index is -0.273. The smallest absolute Gasteiger partial charge is 0.239 e. The molecule has 144 valence electrons. The average Bonchev–Trinajstić information content (AvgIpc) is 3.43. The van der Waals surface area contributed by atoms with Gasteiger partial charge < -0.3 is 14.6 Å². The number of aryl methyl sites for hydroxylation is 1. The lowest BCUT2D eigenvalue weighted by Gasteiger charge is -2.26. The Bertz CT molecular complexity index is 755. The van der Waals surface area contributed by atoms with Crippen molar-refractivity contribution in [3.05, 3.63) is 59.5 Å². The molecule has 0 bridgehead atoms. The summed E-state index contributed by atoms with van der Waals surface area (Å²) in [5.74, 6) is 1.78. The second kappa shape index (κ2) is 8.25. The molecule has 3 atom stereocenters. The molecule has 1 aromatic carbocycles. The predicted octanol–water partition coefficient (Wildman–Crippen LogP) is 2.45. The van der Waals surface area contributed by atoms with Crippen LogP contribution in [0.2, 0.25) is 0 Å². The van der Waals surface area contributed by atoms with Crippen molar-refractivity contribution < 1.29 is 9.21 Å². The summed E-state index contributed by atoms with van der Waals surface area (Å²) in [5, 5.41) is 3.27. The molecule has 2 aliphatic heterocycles. The summed E-state index contributed by atoms with van der Waals surface area (Å²) in [6, 6.07) is 13.9. The van der Waals surface area contributed by atoms with Crippen molar-refractivity contribution in [1.29, 1.82) is 0 Å². The molecule has 2 fully saturated rings. The molecule has 6 nitrogen and oxygen atoms in total. The van der Waals surface area contributed by atoms with Crippen molar-refractivity contribution in [2.45, 2.75) is 44.3 Å². The summed E-state index contributed by atoms with van der Waals surface area (Å²) in [4.78, 5) is 15.4. The molecular weight excluding hydrogens is 340 g/mol. The first-order chi connectivity index (χ1) is 13.2. The number of carbonyl (C=O) groups excluding carboxylic acids is 1. The van der Waals surface area contributed by atoms with Gasteiger partial charge in [-0.05, 0) is 57.0 Å². The topological polar surface area (TPSA) is 69.5 Å². The molecule has 3 unspecified atom stereocenters. The average molecular weight is 368 g/mol. The van der Waals surface area contributed by atoms with E-state index >= 15 is 0 Å². The van der Waals surface area contributed by atoms with Crippen molar-refractivity contribution in [1.82, 2.24) is 21.1 Å². The van der Waals surface area contributed by atoms with E-state index in [0.717, 1.165) is 36.7 Å². The van der Waals surface area contributed by atoms with Gasteiger partial charge in [0, 0.05) is 6.54 Å². The summed E-state index contributed by atoms with van der Waals surface area (Å²) in [6.45, 7) is 5.01. The number of furan rings is 1. The molecule has 0 aliphatic carbocycles. The fourth-order valence-corrected chi connectivity index (χ4v) is 3.97. The molecular formula is C21H28N4O2. The van der Waals surface area contributed by atoms with Gasteiger partial charge in [-0.1, -0.05) is 30.3 Å². The van der Waals surface area contributed by atoms with E-state index in [1.54, 1.807) is 0 Å². The zero-order chi connectivity index (χ0) is 18.6. The monoisotopic (exact) mass is 368 g/mol. The first kappa shape index (κ1) is 18.2. The van der Waals surface area contributed by atoms with E-state index in [4.69, 9.17) is 4.42 Å². The third-order valence-corrected chi connectivity index (χ3v) is 5.48. The van der Waals surface area contributed by atoms with Gasteiger partial charge in [0.25, 0.3) is 0 Å². The van der Waals surface area contributed by atoms with Crippen LogP contribution in [0, 0.1) is 6.92 Å². The van der Waals surface area contributed by atoms with Crippen LogP contribution in [0.25, 0.3) is 0 Å². The molecule has 1 aromatic heterocycles. The Morgan fingerprint density at radius 3 is 2.67 bits per heavy atom. The maximum absolute atomic E-state index is 12.9. The van der Waals surface area contributed by atoms with Crippen molar-refractivity contribution in [3.8, 4) is 0 Å². The van der Waals surface area contributed by atoms with E-state index in [1.807, 2.05) is 37.3 Å². The van der Waals surface area contributed by atoms with Gasteiger partial charge in [-0.15, -0.1) is 0 Å². The second-order valence-electron chi connectivity index (χ2n) is 7.56. The number of benzene rings is 1. The molecule has 0 spiro atoms. The van der Waals surface area contributed by atoms with Crippen molar-refractivity contribution in [2.75, 3.05) is 19.6 Å². The highest BCUT2D eigenvalue weighted by Gasteiger charge is 2.33. The van der Waals surface area contributed by atoms with E-state index in [9.17, 15) is 4.79 Å². The van der Waals surface area contributed by atoms with Crippen LogP contribution in [0.4, 0.5) is 0 Å². The maximum atomic E-state index is 12.9. The Hall–Kier alpha value is -2.15. The van der Waals surface area contributed by atoms with Crippen LogP contribution in [0.5, 0.6) is 0 Å². The Morgan fingerprint density at radius 1 is 1.19 bits per heavy atom. The molecule has 2 aliphatic rings. The van der Waals surface area contributed by atoms with E-state index in [1.165, 1.54) is 12.8 Å². The van der Waals surface area contributed by atoms with E-state index < -0.39 is 0 Å². The minimum Gasteiger partial charge on any atom is -0.465 e. The number of hydrogen-bond donors (Lipinski definition) is 3. The molecule has 2 saturated heterocycles. The summed E-state index contributed by atoms with van der Waals surface area (Å²) in [7, 11) is 0. The highest BCUT2D eigenvalue weighted by molar-refractivity contribution is 5.82. The number of amides is 1. The van der Waals surface area contributed by atoms with E-state index in [-0.39, 0.29) is 24.0 Å². The lowest BCUT2D eigenvalue weighted by molar-refractivity contribution is -0.123. The predicted molar refractivity (Wildman–Crippen MR) is 104 cm³/mol. The van der Waals surface area contributed by atoms with Gasteiger partial charge in [-0.3, -0.25) is 4.79 Å². The molecule has 2 aromatic rings. The molecule has 4 rings (SSSR count). The Morgan fingerprint density at radius 2 is 1.96 bits per heavy atom. The Labute approximate surface area is 160 Å². The van der Waals surface area contributed by atoms with Crippen LogP contribution in [0.3, 0.4) is 0 Å². The van der Waals surface area contributed by atoms with Gasteiger partial charge in [0.2, 0.25) is 5.91 Å². The first-order valence-corrected chi connectivity index (χ1v) is 9.84. The van der Waals surface area contributed by atoms with Gasteiger partial charge in [0.1, 0.15) is 17.6 Å². The van der Waals surface area contributed by atoms with Crippen molar-refractivity contribution in [2.24, 2.45) is 0 Å². The zero-order valence-electron chi connectivity index (χ0n) is 15.8. The molecule has 0 radical (unpaired) electrons. The second-order valence-corrected chi connectivity index (χ2v) is 7.56. The highest BCUT2D eigenvalue weighted by Crippen LogP contribution is 2.25. The van der Waals surface area contributed by atoms with Crippen LogP contribution < -0.4 is 16.2 Å². The molecule has 3 N–H and O–H groups in total. The number of hydrazine groups is 1. The van der Waals surface area contributed by atoms with Crippen LogP contribution in [-0.2, 0) is 4.79 Å². The van der Waals surface area contributed by atoms with Crippen molar-refractivity contribution >= 4 is 5.91 Å². The number of nitrogens with one attached hydrogen (secondary N) is 3. The zero-order valence-corrected chi connectivity index (χ0v) is 15.8. The fourth-order valence-electron chi connectivity index (χ4n) is 3.97. The lowest BCUT2D eigenvalue weighted by atomic mass is 10.0. The summed E-state index contributed by atoms with van der Waals surface area (Å²) in [5.41, 5.74) is 7.47. The molecule has 0 saturated carbocycles. The van der Waals surface area contributed by atoms with Crippen LogP contribution in [0.1, 0.15) is 48.4 Å². The first-order valence-electron chi connectivity index (χ1n) is 9.84. The van der Waals surface area contributed by atoms with Gasteiger partial charge >= 0.3 is 0 Å². The number of nitrogens with zero attached hydrogens (tertiary/aromatic N) is 1. The number of hydrogen-bond acceptors (Lipinski definition) is 5. The van der Waals surface area contributed by atoms with Gasteiger partial charge in [-0.25, -0.2) is 10.9 Å².